The van der Waals surface area contributed by atoms with Crippen molar-refractivity contribution >= 4 is 11.6 Å². The molecular formula is C15H25N3O. The highest BCUT2D eigenvalue weighted by Crippen LogP contribution is 2.15. The van der Waals surface area contributed by atoms with Gasteiger partial charge in [0.05, 0.1) is 0 Å². The minimum absolute atomic E-state index is 0.0136. The van der Waals surface area contributed by atoms with Crippen molar-refractivity contribution in [1.29, 1.82) is 0 Å². The van der Waals surface area contributed by atoms with Crippen LogP contribution in [-0.4, -0.2) is 39.1 Å². The van der Waals surface area contributed by atoms with Crippen LogP contribution in [0.15, 0.2) is 24.3 Å². The Balaban J connectivity index is 2.62. The molecule has 0 atom stereocenters. The highest BCUT2D eigenvalue weighted by atomic mass is 16.1. The lowest BCUT2D eigenvalue weighted by atomic mass is 10.1. The maximum Gasteiger partial charge on any atom is 0.251 e. The Morgan fingerprint density at radius 2 is 1.84 bits per heavy atom. The molecule has 106 valence electrons. The fraction of sp³-hybridized carbons (Fsp3) is 0.533. The first kappa shape index (κ1) is 15.5. The molecule has 4 nitrogen and oxygen atoms in total. The molecule has 0 radical (unpaired) electrons. The van der Waals surface area contributed by atoms with Crippen molar-refractivity contribution in [2.45, 2.75) is 20.3 Å². The van der Waals surface area contributed by atoms with Crippen LogP contribution >= 0.6 is 0 Å². The number of likely N-dealkylation sites (N-methyl/N-ethyl adjacent to an activating group) is 1. The molecule has 0 aliphatic carbocycles. The highest BCUT2D eigenvalue weighted by Gasteiger charge is 2.06. The molecule has 19 heavy (non-hydrogen) atoms. The number of carbonyl (C=O) groups is 1. The Hall–Kier alpha value is -1.55. The van der Waals surface area contributed by atoms with Gasteiger partial charge in [0.2, 0.25) is 0 Å². The van der Waals surface area contributed by atoms with E-state index in [1.807, 2.05) is 31.3 Å². The minimum Gasteiger partial charge on any atom is -0.372 e. The molecule has 0 fully saturated rings. The molecule has 0 aliphatic rings. The lowest BCUT2D eigenvalue weighted by molar-refractivity contribution is 0.0954. The number of anilines is 1. The van der Waals surface area contributed by atoms with Gasteiger partial charge in [0.15, 0.2) is 0 Å². The van der Waals surface area contributed by atoms with Crippen molar-refractivity contribution in [1.82, 2.24) is 10.6 Å². The van der Waals surface area contributed by atoms with Crippen molar-refractivity contribution in [3.05, 3.63) is 29.8 Å². The van der Waals surface area contributed by atoms with E-state index in [2.05, 4.69) is 29.4 Å². The molecule has 0 bridgehead atoms. The lowest BCUT2D eigenvalue weighted by Gasteiger charge is -2.22. The molecule has 0 saturated heterocycles. The first-order chi connectivity index (χ1) is 9.22. The average molecular weight is 263 g/mol. The van der Waals surface area contributed by atoms with E-state index >= 15 is 0 Å². The summed E-state index contributed by atoms with van der Waals surface area (Å²) in [6, 6.07) is 7.82. The zero-order valence-corrected chi connectivity index (χ0v) is 12.2. The van der Waals surface area contributed by atoms with E-state index in [0.29, 0.717) is 12.1 Å². The lowest BCUT2D eigenvalue weighted by Crippen LogP contribution is -2.30. The van der Waals surface area contributed by atoms with Crippen LogP contribution in [0.25, 0.3) is 0 Å². The number of amides is 1. The molecule has 0 spiro atoms. The third kappa shape index (κ3) is 4.91. The molecule has 1 rings (SSSR count). The van der Waals surface area contributed by atoms with Gasteiger partial charge in [0.1, 0.15) is 0 Å². The Bertz CT molecular complexity index is 375. The molecule has 0 heterocycles. The molecule has 4 heteroatoms. The van der Waals surface area contributed by atoms with Gasteiger partial charge in [0.25, 0.3) is 5.91 Å². The van der Waals surface area contributed by atoms with Crippen LogP contribution in [0.1, 0.15) is 30.6 Å². The number of nitrogens with zero attached hydrogens (tertiary/aromatic N) is 1. The number of hydrogen-bond donors (Lipinski definition) is 2. The van der Waals surface area contributed by atoms with E-state index < -0.39 is 0 Å². The number of rotatable bonds is 8. The Morgan fingerprint density at radius 3 is 2.37 bits per heavy atom. The Labute approximate surface area is 116 Å². The number of hydrogen-bond acceptors (Lipinski definition) is 3. The van der Waals surface area contributed by atoms with Crippen molar-refractivity contribution in [2.75, 3.05) is 38.1 Å². The first-order valence-electron chi connectivity index (χ1n) is 7.00. The summed E-state index contributed by atoms with van der Waals surface area (Å²) in [6.07, 6.45) is 1.13. The second kappa shape index (κ2) is 8.53. The van der Waals surface area contributed by atoms with E-state index in [0.717, 1.165) is 26.1 Å². The number of nitrogens with one attached hydrogen (secondary N) is 2. The van der Waals surface area contributed by atoms with Gasteiger partial charge in [-0.2, -0.15) is 0 Å². The largest absolute Gasteiger partial charge is 0.372 e. The van der Waals surface area contributed by atoms with Crippen LogP contribution in [0.3, 0.4) is 0 Å². The molecule has 0 unspecified atom stereocenters. The number of carbonyl (C=O) groups excluding carboxylic acids is 1. The van der Waals surface area contributed by atoms with Crippen molar-refractivity contribution in [3.63, 3.8) is 0 Å². The first-order valence-corrected chi connectivity index (χ1v) is 7.00. The van der Waals surface area contributed by atoms with Gasteiger partial charge in [0, 0.05) is 37.4 Å². The molecule has 1 amide bonds. The highest BCUT2D eigenvalue weighted by molar-refractivity contribution is 5.94. The summed E-state index contributed by atoms with van der Waals surface area (Å²) in [5.41, 5.74) is 1.89. The van der Waals surface area contributed by atoms with Crippen LogP contribution < -0.4 is 15.5 Å². The summed E-state index contributed by atoms with van der Waals surface area (Å²) < 4.78 is 0. The van der Waals surface area contributed by atoms with Crippen LogP contribution in [0, 0.1) is 0 Å². The third-order valence-corrected chi connectivity index (χ3v) is 3.03. The van der Waals surface area contributed by atoms with Gasteiger partial charge in [-0.15, -0.1) is 0 Å². The molecule has 1 aromatic rings. The normalized spacial score (nSPS) is 10.3. The van der Waals surface area contributed by atoms with Gasteiger partial charge < -0.3 is 15.5 Å². The standard InChI is InChI=1S/C15H25N3O/c1-4-12-18(5-2)14-8-6-13(7-9-14)15(19)17-11-10-16-3/h6-9,16H,4-5,10-12H2,1-3H3,(H,17,19). The summed E-state index contributed by atoms with van der Waals surface area (Å²) in [5.74, 6) is -0.0136. The maximum atomic E-state index is 11.8. The topological polar surface area (TPSA) is 44.4 Å². The molecule has 0 aliphatic heterocycles. The summed E-state index contributed by atoms with van der Waals surface area (Å²) >= 11 is 0. The molecule has 0 aromatic heterocycles. The van der Waals surface area contributed by atoms with Gasteiger partial charge >= 0.3 is 0 Å². The zero-order chi connectivity index (χ0) is 14.1. The van der Waals surface area contributed by atoms with Crippen molar-refractivity contribution in [2.24, 2.45) is 0 Å². The summed E-state index contributed by atoms with van der Waals surface area (Å²) in [5, 5.41) is 5.87. The maximum absolute atomic E-state index is 11.8. The van der Waals surface area contributed by atoms with Crippen molar-refractivity contribution < 1.29 is 4.79 Å². The Morgan fingerprint density at radius 1 is 1.16 bits per heavy atom. The minimum atomic E-state index is -0.0136. The summed E-state index contributed by atoms with van der Waals surface area (Å²) in [4.78, 5) is 14.2. The van der Waals surface area contributed by atoms with Crippen molar-refractivity contribution in [3.8, 4) is 0 Å². The zero-order valence-electron chi connectivity index (χ0n) is 12.2. The van der Waals surface area contributed by atoms with Crippen LogP contribution in [0.5, 0.6) is 0 Å². The fourth-order valence-electron chi connectivity index (χ4n) is 1.97. The average Bonchev–Trinajstić information content (AvgIpc) is 2.45. The van der Waals surface area contributed by atoms with E-state index in [4.69, 9.17) is 0 Å². The third-order valence-electron chi connectivity index (χ3n) is 3.03. The second-order valence-corrected chi connectivity index (χ2v) is 4.49. The quantitative estimate of drug-likeness (QED) is 0.704. The molecule has 1 aromatic carbocycles. The fourth-order valence-corrected chi connectivity index (χ4v) is 1.97. The van der Waals surface area contributed by atoms with Crippen LogP contribution in [0.4, 0.5) is 5.69 Å². The van der Waals surface area contributed by atoms with E-state index in [1.54, 1.807) is 0 Å². The molecule has 2 N–H and O–H groups in total. The molecular weight excluding hydrogens is 238 g/mol. The van der Waals surface area contributed by atoms with Gasteiger partial charge in [-0.05, 0) is 44.7 Å². The van der Waals surface area contributed by atoms with Crippen LogP contribution in [0.2, 0.25) is 0 Å². The SMILES string of the molecule is CCCN(CC)c1ccc(C(=O)NCCNC)cc1. The van der Waals surface area contributed by atoms with E-state index in [1.165, 1.54) is 5.69 Å². The summed E-state index contributed by atoms with van der Waals surface area (Å²) in [6.45, 7) is 7.78. The number of benzene rings is 1. The van der Waals surface area contributed by atoms with Gasteiger partial charge in [-0.1, -0.05) is 6.92 Å². The summed E-state index contributed by atoms with van der Waals surface area (Å²) in [7, 11) is 1.87. The smallest absolute Gasteiger partial charge is 0.251 e. The van der Waals surface area contributed by atoms with Crippen LogP contribution in [-0.2, 0) is 0 Å². The van der Waals surface area contributed by atoms with E-state index in [-0.39, 0.29) is 5.91 Å². The van der Waals surface area contributed by atoms with Gasteiger partial charge in [-0.3, -0.25) is 4.79 Å². The molecule has 0 saturated carbocycles. The van der Waals surface area contributed by atoms with Gasteiger partial charge in [-0.25, -0.2) is 0 Å². The monoisotopic (exact) mass is 263 g/mol. The predicted molar refractivity (Wildman–Crippen MR) is 80.9 cm³/mol. The predicted octanol–water partition coefficient (Wildman–Crippen LogP) is 1.87. The second-order valence-electron chi connectivity index (χ2n) is 4.49. The van der Waals surface area contributed by atoms with E-state index in [9.17, 15) is 4.79 Å². The Kier molecular flexibility index (Phi) is 6.97.